The van der Waals surface area contributed by atoms with Crippen LogP contribution in [0.25, 0.3) is 0 Å². The van der Waals surface area contributed by atoms with Gasteiger partial charge >= 0.3 is 5.97 Å². The Bertz CT molecular complexity index is 188. The molecule has 0 bridgehead atoms. The lowest BCUT2D eigenvalue weighted by Crippen LogP contribution is -2.36. The molecule has 1 atom stereocenters. The molecule has 3 nitrogen and oxygen atoms in total. The molecule has 12 heavy (non-hydrogen) atoms. The molecule has 0 heterocycles. The smallest absolute Gasteiger partial charge is 0.303 e. The Kier molecular flexibility index (Phi) is 3.43. The largest absolute Gasteiger partial charge is 0.454 e. The molecule has 3 heteroatoms. The van der Waals surface area contributed by atoms with Crippen molar-refractivity contribution < 1.29 is 14.3 Å². The summed E-state index contributed by atoms with van der Waals surface area (Å²) in [6, 6.07) is 0. The van der Waals surface area contributed by atoms with Crippen molar-refractivity contribution in [1.82, 2.24) is 0 Å². The molecule has 0 aromatic heterocycles. The molecule has 0 fully saturated rings. The van der Waals surface area contributed by atoms with Crippen molar-refractivity contribution in [2.24, 2.45) is 5.41 Å². The van der Waals surface area contributed by atoms with Gasteiger partial charge in [0.15, 0.2) is 11.9 Å². The van der Waals surface area contributed by atoms with Crippen molar-refractivity contribution >= 4 is 11.8 Å². The summed E-state index contributed by atoms with van der Waals surface area (Å²) in [7, 11) is 0. The van der Waals surface area contributed by atoms with Gasteiger partial charge in [0.1, 0.15) is 0 Å². The Morgan fingerprint density at radius 2 is 1.58 bits per heavy atom. The van der Waals surface area contributed by atoms with Crippen LogP contribution >= 0.6 is 0 Å². The minimum atomic E-state index is -0.630. The predicted octanol–water partition coefficient (Wildman–Crippen LogP) is 1.55. The first-order valence-electron chi connectivity index (χ1n) is 3.93. The Morgan fingerprint density at radius 1 is 1.17 bits per heavy atom. The molecule has 0 saturated heterocycles. The van der Waals surface area contributed by atoms with Crippen LogP contribution in [0.3, 0.4) is 0 Å². The fourth-order valence-electron chi connectivity index (χ4n) is 1.04. The maximum absolute atomic E-state index is 11.0. The lowest BCUT2D eigenvalue weighted by molar-refractivity contribution is -0.158. The van der Waals surface area contributed by atoms with E-state index in [2.05, 4.69) is 0 Å². The second-order valence-electron chi connectivity index (χ2n) is 3.97. The standard InChI is InChI=1S/C9H16O3/c1-6(10)8(9(3,4)5)12-7(2)11/h8H,1-5H3. The van der Waals surface area contributed by atoms with Crippen molar-refractivity contribution in [2.75, 3.05) is 0 Å². The Labute approximate surface area is 73.1 Å². The number of esters is 1. The number of rotatable bonds is 2. The minimum Gasteiger partial charge on any atom is -0.454 e. The lowest BCUT2D eigenvalue weighted by atomic mass is 9.87. The van der Waals surface area contributed by atoms with Crippen molar-refractivity contribution in [3.05, 3.63) is 0 Å². The van der Waals surface area contributed by atoms with E-state index in [1.54, 1.807) is 0 Å². The Hall–Kier alpha value is -0.860. The minimum absolute atomic E-state index is 0.113. The first kappa shape index (κ1) is 11.1. The highest BCUT2D eigenvalue weighted by atomic mass is 16.5. The number of hydrogen-bond donors (Lipinski definition) is 0. The molecule has 0 radical (unpaired) electrons. The molecule has 0 aromatic rings. The number of carbonyl (C=O) groups is 2. The number of carbonyl (C=O) groups excluding carboxylic acids is 2. The Balaban J connectivity index is 4.46. The molecular formula is C9H16O3. The Morgan fingerprint density at radius 3 is 1.67 bits per heavy atom. The van der Waals surface area contributed by atoms with Crippen LogP contribution in [0.5, 0.6) is 0 Å². The molecule has 0 amide bonds. The summed E-state index contributed by atoms with van der Waals surface area (Å²) in [6.07, 6.45) is -0.630. The normalized spacial score (nSPS) is 13.8. The molecule has 0 aliphatic heterocycles. The molecular weight excluding hydrogens is 156 g/mol. The van der Waals surface area contributed by atoms with E-state index in [9.17, 15) is 9.59 Å². The van der Waals surface area contributed by atoms with Crippen LogP contribution < -0.4 is 0 Å². The number of ether oxygens (including phenoxy) is 1. The van der Waals surface area contributed by atoms with Crippen LogP contribution in [0.1, 0.15) is 34.6 Å². The summed E-state index contributed by atoms with van der Waals surface area (Å²) in [5, 5.41) is 0. The highest BCUT2D eigenvalue weighted by Gasteiger charge is 2.31. The van der Waals surface area contributed by atoms with E-state index in [0.29, 0.717) is 0 Å². The van der Waals surface area contributed by atoms with Crippen molar-refractivity contribution in [1.29, 1.82) is 0 Å². The van der Waals surface area contributed by atoms with Gasteiger partial charge in [-0.05, 0) is 6.92 Å². The molecule has 0 N–H and O–H groups in total. The molecule has 0 aromatic carbocycles. The van der Waals surface area contributed by atoms with Crippen molar-refractivity contribution in [3.8, 4) is 0 Å². The van der Waals surface area contributed by atoms with Gasteiger partial charge < -0.3 is 4.74 Å². The number of hydrogen-bond acceptors (Lipinski definition) is 3. The van der Waals surface area contributed by atoms with E-state index in [4.69, 9.17) is 4.74 Å². The molecule has 0 aliphatic carbocycles. The molecule has 1 unspecified atom stereocenters. The number of Topliss-reactive ketones (excluding diaryl/α,β-unsaturated/α-hetero) is 1. The molecule has 0 rings (SSSR count). The van der Waals surface area contributed by atoms with E-state index < -0.39 is 12.1 Å². The van der Waals surface area contributed by atoms with E-state index in [1.807, 2.05) is 20.8 Å². The molecule has 0 saturated carbocycles. The van der Waals surface area contributed by atoms with E-state index in [1.165, 1.54) is 13.8 Å². The highest BCUT2D eigenvalue weighted by molar-refractivity contribution is 5.83. The van der Waals surface area contributed by atoms with Gasteiger partial charge in [-0.1, -0.05) is 20.8 Å². The summed E-state index contributed by atoms with van der Waals surface area (Å²) in [6.45, 7) is 8.33. The van der Waals surface area contributed by atoms with Crippen LogP contribution in [0.4, 0.5) is 0 Å². The summed E-state index contributed by atoms with van der Waals surface area (Å²) in [5.74, 6) is -0.525. The monoisotopic (exact) mass is 172 g/mol. The fraction of sp³-hybridized carbons (Fsp3) is 0.778. The second kappa shape index (κ2) is 3.70. The summed E-state index contributed by atoms with van der Waals surface area (Å²) < 4.78 is 4.89. The maximum Gasteiger partial charge on any atom is 0.303 e. The topological polar surface area (TPSA) is 43.4 Å². The first-order chi connectivity index (χ1) is 5.25. The van der Waals surface area contributed by atoms with Gasteiger partial charge in [-0.15, -0.1) is 0 Å². The van der Waals surface area contributed by atoms with Gasteiger partial charge in [0.2, 0.25) is 0 Å². The fourth-order valence-corrected chi connectivity index (χ4v) is 1.04. The van der Waals surface area contributed by atoms with Gasteiger partial charge in [-0.2, -0.15) is 0 Å². The summed E-state index contributed by atoms with van der Waals surface area (Å²) in [5.41, 5.74) is -0.322. The number of ketones is 1. The third-order valence-corrected chi connectivity index (χ3v) is 1.44. The molecule has 0 spiro atoms. The van der Waals surface area contributed by atoms with E-state index in [0.717, 1.165) is 0 Å². The van der Waals surface area contributed by atoms with Gasteiger partial charge in [-0.3, -0.25) is 9.59 Å². The van der Waals surface area contributed by atoms with Crippen molar-refractivity contribution in [2.45, 2.75) is 40.7 Å². The average molecular weight is 172 g/mol. The van der Waals surface area contributed by atoms with Gasteiger partial charge in [0.05, 0.1) is 0 Å². The second-order valence-corrected chi connectivity index (χ2v) is 3.97. The van der Waals surface area contributed by atoms with Crippen LogP contribution in [-0.4, -0.2) is 17.9 Å². The maximum atomic E-state index is 11.0. The predicted molar refractivity (Wildman–Crippen MR) is 45.7 cm³/mol. The highest BCUT2D eigenvalue weighted by Crippen LogP contribution is 2.22. The summed E-state index contributed by atoms with van der Waals surface area (Å²) in [4.78, 5) is 21.7. The lowest BCUT2D eigenvalue weighted by Gasteiger charge is -2.27. The van der Waals surface area contributed by atoms with Crippen LogP contribution in [0.2, 0.25) is 0 Å². The van der Waals surface area contributed by atoms with Gasteiger partial charge in [0.25, 0.3) is 0 Å². The first-order valence-corrected chi connectivity index (χ1v) is 3.93. The van der Waals surface area contributed by atoms with E-state index in [-0.39, 0.29) is 11.2 Å². The van der Waals surface area contributed by atoms with Crippen LogP contribution in [0, 0.1) is 5.41 Å². The average Bonchev–Trinajstić information content (AvgIpc) is 1.79. The van der Waals surface area contributed by atoms with Gasteiger partial charge in [-0.25, -0.2) is 0 Å². The zero-order valence-corrected chi connectivity index (χ0v) is 8.30. The van der Waals surface area contributed by atoms with Crippen LogP contribution in [-0.2, 0) is 14.3 Å². The zero-order chi connectivity index (χ0) is 9.94. The quantitative estimate of drug-likeness (QED) is 0.593. The van der Waals surface area contributed by atoms with E-state index >= 15 is 0 Å². The summed E-state index contributed by atoms with van der Waals surface area (Å²) >= 11 is 0. The third-order valence-electron chi connectivity index (χ3n) is 1.44. The van der Waals surface area contributed by atoms with Crippen molar-refractivity contribution in [3.63, 3.8) is 0 Å². The zero-order valence-electron chi connectivity index (χ0n) is 8.30. The SMILES string of the molecule is CC(=O)OC(C(C)=O)C(C)(C)C. The van der Waals surface area contributed by atoms with Crippen LogP contribution in [0.15, 0.2) is 0 Å². The van der Waals surface area contributed by atoms with Gasteiger partial charge in [0, 0.05) is 12.3 Å². The third kappa shape index (κ3) is 3.51. The molecule has 70 valence electrons. The molecule has 0 aliphatic rings.